The molecular weight excluding hydrogens is 342 g/mol. The smallest absolute Gasteiger partial charge is 0.408 e. The maximum absolute atomic E-state index is 11.7. The maximum atomic E-state index is 11.7. The molecule has 0 fully saturated rings. The fourth-order valence-electron chi connectivity index (χ4n) is 1.57. The van der Waals surface area contributed by atoms with Gasteiger partial charge in [-0.2, -0.15) is 5.10 Å². The number of aryl methyl sites for hydroxylation is 1. The van der Waals surface area contributed by atoms with Gasteiger partial charge in [-0.05, 0) is 49.2 Å². The normalized spacial score (nSPS) is 12.6. The Hall–Kier alpha value is -1.57. The zero-order chi connectivity index (χ0) is 16.0. The number of ether oxygens (including phenoxy) is 2. The molecule has 0 saturated heterocycles. The van der Waals surface area contributed by atoms with Gasteiger partial charge in [0.05, 0.1) is 13.3 Å². The Balaban J connectivity index is 2.62. The van der Waals surface area contributed by atoms with Crippen LogP contribution in [-0.2, 0) is 20.8 Å². The topological polar surface area (TPSA) is 82.5 Å². The van der Waals surface area contributed by atoms with Crippen molar-refractivity contribution in [3.05, 3.63) is 16.9 Å². The molecule has 1 N–H and O–H groups in total. The number of rotatable bonds is 5. The number of halogens is 1. The predicted octanol–water partition coefficient (Wildman–Crippen LogP) is 2.10. The van der Waals surface area contributed by atoms with E-state index in [0.29, 0.717) is 13.0 Å². The Morgan fingerprint density at radius 2 is 2.14 bits per heavy atom. The van der Waals surface area contributed by atoms with E-state index in [1.807, 2.05) is 0 Å². The summed E-state index contributed by atoms with van der Waals surface area (Å²) >= 11 is 3.33. The second kappa shape index (κ2) is 7.44. The summed E-state index contributed by atoms with van der Waals surface area (Å²) in [4.78, 5) is 23.5. The lowest BCUT2D eigenvalue weighted by Crippen LogP contribution is -2.44. The molecule has 1 amide bonds. The Morgan fingerprint density at radius 1 is 1.48 bits per heavy atom. The van der Waals surface area contributed by atoms with Crippen LogP contribution in [0.3, 0.4) is 0 Å². The number of alkyl carbamates (subject to hydrolysis) is 1. The van der Waals surface area contributed by atoms with Crippen LogP contribution in [0.25, 0.3) is 0 Å². The molecule has 0 radical (unpaired) electrons. The molecule has 1 heterocycles. The summed E-state index contributed by atoms with van der Waals surface area (Å²) in [6.07, 6.45) is 1.32. The van der Waals surface area contributed by atoms with Crippen LogP contribution in [0.2, 0.25) is 0 Å². The Kier molecular flexibility index (Phi) is 6.19. The minimum Gasteiger partial charge on any atom is -0.467 e. The Labute approximate surface area is 132 Å². The summed E-state index contributed by atoms with van der Waals surface area (Å²) in [7, 11) is 1.27. The van der Waals surface area contributed by atoms with Gasteiger partial charge in [0.1, 0.15) is 16.2 Å². The van der Waals surface area contributed by atoms with Crippen molar-refractivity contribution in [2.45, 2.75) is 45.4 Å². The van der Waals surface area contributed by atoms with Gasteiger partial charge in [-0.3, -0.25) is 4.68 Å². The molecule has 0 bridgehead atoms. The van der Waals surface area contributed by atoms with Crippen molar-refractivity contribution in [3.63, 3.8) is 0 Å². The molecule has 0 spiro atoms. The molecule has 8 heteroatoms. The van der Waals surface area contributed by atoms with E-state index in [1.54, 1.807) is 37.7 Å². The number of aromatic nitrogens is 2. The van der Waals surface area contributed by atoms with Gasteiger partial charge in [0, 0.05) is 6.54 Å². The van der Waals surface area contributed by atoms with Crippen LogP contribution in [0.1, 0.15) is 27.2 Å². The quantitative estimate of drug-likeness (QED) is 0.812. The molecule has 0 aliphatic rings. The fraction of sp³-hybridized carbons (Fsp3) is 0.615. The van der Waals surface area contributed by atoms with Gasteiger partial charge in [-0.15, -0.1) is 0 Å². The molecular formula is C13H20BrN3O4. The summed E-state index contributed by atoms with van der Waals surface area (Å²) in [6.45, 7) is 5.70. The number of carbonyl (C=O) groups is 2. The summed E-state index contributed by atoms with van der Waals surface area (Å²) in [5.41, 5.74) is -0.629. The van der Waals surface area contributed by atoms with E-state index in [2.05, 4.69) is 26.3 Å². The highest BCUT2D eigenvalue weighted by Gasteiger charge is 2.25. The van der Waals surface area contributed by atoms with Gasteiger partial charge in [-0.1, -0.05) is 0 Å². The molecule has 0 aliphatic heterocycles. The minimum absolute atomic E-state index is 0.339. The molecule has 1 aromatic rings. The van der Waals surface area contributed by atoms with E-state index in [1.165, 1.54) is 7.11 Å². The lowest BCUT2D eigenvalue weighted by atomic mass is 10.2. The molecule has 0 aliphatic carbocycles. The highest BCUT2D eigenvalue weighted by atomic mass is 79.9. The lowest BCUT2D eigenvalue weighted by Gasteiger charge is -2.22. The van der Waals surface area contributed by atoms with E-state index >= 15 is 0 Å². The second-order valence-electron chi connectivity index (χ2n) is 5.39. The third-order valence-electron chi connectivity index (χ3n) is 2.47. The van der Waals surface area contributed by atoms with Gasteiger partial charge in [-0.25, -0.2) is 9.59 Å². The Bertz CT molecular complexity index is 496. The lowest BCUT2D eigenvalue weighted by molar-refractivity contribution is -0.143. The van der Waals surface area contributed by atoms with Crippen molar-refractivity contribution in [1.29, 1.82) is 0 Å². The number of nitrogens with one attached hydrogen (secondary N) is 1. The maximum Gasteiger partial charge on any atom is 0.408 e. The first kappa shape index (κ1) is 17.5. The first-order chi connectivity index (χ1) is 9.73. The molecule has 7 nitrogen and oxygen atoms in total. The SMILES string of the molecule is COC(=O)C(CCn1nccc1Br)NC(=O)OC(C)(C)C. The van der Waals surface area contributed by atoms with Gasteiger partial charge < -0.3 is 14.8 Å². The number of nitrogens with zero attached hydrogens (tertiary/aromatic N) is 2. The molecule has 1 rings (SSSR count). The highest BCUT2D eigenvalue weighted by Crippen LogP contribution is 2.11. The fourth-order valence-corrected chi connectivity index (χ4v) is 1.96. The van der Waals surface area contributed by atoms with Gasteiger partial charge >= 0.3 is 12.1 Å². The van der Waals surface area contributed by atoms with Crippen LogP contribution in [0.15, 0.2) is 16.9 Å². The van der Waals surface area contributed by atoms with Gasteiger partial charge in [0.25, 0.3) is 0 Å². The van der Waals surface area contributed by atoms with E-state index in [0.717, 1.165) is 4.60 Å². The number of methoxy groups -OCH3 is 1. The zero-order valence-electron chi connectivity index (χ0n) is 12.6. The first-order valence-electron chi connectivity index (χ1n) is 6.47. The van der Waals surface area contributed by atoms with Crippen LogP contribution in [0.5, 0.6) is 0 Å². The molecule has 0 saturated carbocycles. The summed E-state index contributed by atoms with van der Waals surface area (Å²) < 4.78 is 12.3. The van der Waals surface area contributed by atoms with E-state index < -0.39 is 23.7 Å². The van der Waals surface area contributed by atoms with Crippen molar-refractivity contribution in [1.82, 2.24) is 15.1 Å². The van der Waals surface area contributed by atoms with Crippen LogP contribution < -0.4 is 5.32 Å². The number of amides is 1. The number of hydrogen-bond acceptors (Lipinski definition) is 5. The summed E-state index contributed by atoms with van der Waals surface area (Å²) in [5.74, 6) is -0.524. The highest BCUT2D eigenvalue weighted by molar-refractivity contribution is 9.10. The van der Waals surface area contributed by atoms with Crippen LogP contribution in [0, 0.1) is 0 Å². The third-order valence-corrected chi connectivity index (χ3v) is 3.14. The summed E-state index contributed by atoms with van der Waals surface area (Å²) in [6, 6.07) is 0.995. The average Bonchev–Trinajstić information content (AvgIpc) is 2.77. The van der Waals surface area contributed by atoms with Crippen molar-refractivity contribution in [2.75, 3.05) is 7.11 Å². The summed E-state index contributed by atoms with van der Waals surface area (Å²) in [5, 5.41) is 6.60. The van der Waals surface area contributed by atoms with Crippen molar-refractivity contribution < 1.29 is 19.1 Å². The molecule has 1 atom stereocenters. The van der Waals surface area contributed by atoms with Crippen molar-refractivity contribution in [2.24, 2.45) is 0 Å². The molecule has 21 heavy (non-hydrogen) atoms. The van der Waals surface area contributed by atoms with Crippen molar-refractivity contribution >= 4 is 28.0 Å². The average molecular weight is 362 g/mol. The molecule has 1 unspecified atom stereocenters. The van der Waals surface area contributed by atoms with Crippen molar-refractivity contribution in [3.8, 4) is 0 Å². The van der Waals surface area contributed by atoms with Gasteiger partial charge in [0.15, 0.2) is 0 Å². The molecule has 1 aromatic heterocycles. The van der Waals surface area contributed by atoms with E-state index in [4.69, 9.17) is 9.47 Å². The first-order valence-corrected chi connectivity index (χ1v) is 7.27. The largest absolute Gasteiger partial charge is 0.467 e. The second-order valence-corrected chi connectivity index (χ2v) is 6.20. The van der Waals surface area contributed by atoms with Crippen LogP contribution in [0.4, 0.5) is 4.79 Å². The van der Waals surface area contributed by atoms with E-state index in [-0.39, 0.29) is 0 Å². The van der Waals surface area contributed by atoms with Gasteiger partial charge in [0.2, 0.25) is 0 Å². The third kappa shape index (κ3) is 6.16. The monoisotopic (exact) mass is 361 g/mol. The van der Waals surface area contributed by atoms with Crippen LogP contribution in [-0.4, -0.2) is 40.6 Å². The number of esters is 1. The standard InChI is InChI=1S/C13H20BrN3O4/c1-13(2,3)21-12(19)16-9(11(18)20-4)6-8-17-10(14)5-7-15-17/h5,7,9H,6,8H2,1-4H3,(H,16,19). The predicted molar refractivity (Wildman–Crippen MR) is 79.7 cm³/mol. The van der Waals surface area contributed by atoms with Crippen LogP contribution >= 0.6 is 15.9 Å². The molecule has 0 aromatic carbocycles. The minimum atomic E-state index is -0.791. The van der Waals surface area contributed by atoms with E-state index in [9.17, 15) is 9.59 Å². The number of carbonyl (C=O) groups excluding carboxylic acids is 2. The zero-order valence-corrected chi connectivity index (χ0v) is 14.1. The Morgan fingerprint density at radius 3 is 2.62 bits per heavy atom. The molecule has 118 valence electrons. The number of hydrogen-bond donors (Lipinski definition) is 1.